The van der Waals surface area contributed by atoms with Gasteiger partial charge in [0.2, 0.25) is 0 Å². The Morgan fingerprint density at radius 1 is 1.44 bits per heavy atom. The quantitative estimate of drug-likeness (QED) is 0.597. The average Bonchev–Trinajstić information content (AvgIpc) is 1.83. The number of hydrogen-bond donors (Lipinski definition) is 0. The fourth-order valence-electron chi connectivity index (χ4n) is 0.465. The van der Waals surface area contributed by atoms with Crippen LogP contribution in [0.1, 0.15) is 11.3 Å². The van der Waals surface area contributed by atoms with Gasteiger partial charge in [-0.1, -0.05) is 15.9 Å². The third-order valence-corrected chi connectivity index (χ3v) is 1.66. The van der Waals surface area contributed by atoms with Crippen LogP contribution in [0.2, 0.25) is 0 Å². The minimum Gasteiger partial charge on any atom is -0.261 e. The van der Waals surface area contributed by atoms with Gasteiger partial charge < -0.3 is 0 Å². The molecule has 0 aromatic carbocycles. The van der Waals surface area contributed by atoms with Gasteiger partial charge in [0, 0.05) is 30.2 Å². The Morgan fingerprint density at radius 3 is 2.56 bits per heavy atom. The van der Waals surface area contributed by atoms with Gasteiger partial charge in [-0.3, -0.25) is 4.98 Å². The zero-order chi connectivity index (χ0) is 6.85. The second-order valence-electron chi connectivity index (χ2n) is 1.59. The maximum Gasteiger partial charge on any atom is 0.0494 e. The number of aromatic nitrogens is 1. The van der Waals surface area contributed by atoms with Crippen LogP contribution in [0.25, 0.3) is 0 Å². The standard InChI is InChI=1S/C7H4BrN/c1-5-6(2)9-4-3-7(5)8/h1-4H. The Morgan fingerprint density at radius 2 is 2.11 bits per heavy atom. The maximum atomic E-state index is 5.45. The highest BCUT2D eigenvalue weighted by atomic mass is 79.9. The fourth-order valence-corrected chi connectivity index (χ4v) is 0.786. The monoisotopic (exact) mass is 181 g/mol. The van der Waals surface area contributed by atoms with Gasteiger partial charge in [-0.25, -0.2) is 0 Å². The van der Waals surface area contributed by atoms with Crippen molar-refractivity contribution in [2.24, 2.45) is 0 Å². The molecule has 1 aromatic heterocycles. The smallest absolute Gasteiger partial charge is 0.0494 e. The average molecular weight is 182 g/mol. The Kier molecular flexibility index (Phi) is 1.86. The van der Waals surface area contributed by atoms with E-state index >= 15 is 0 Å². The zero-order valence-corrected chi connectivity index (χ0v) is 6.22. The summed E-state index contributed by atoms with van der Waals surface area (Å²) in [5.74, 6) is 0. The lowest BCUT2D eigenvalue weighted by molar-refractivity contribution is 1.23. The lowest BCUT2D eigenvalue weighted by Crippen LogP contribution is -1.84. The molecule has 0 unspecified atom stereocenters. The van der Waals surface area contributed by atoms with Crippen LogP contribution in [-0.4, -0.2) is 4.98 Å². The van der Waals surface area contributed by atoms with Gasteiger partial charge >= 0.3 is 0 Å². The molecule has 0 atom stereocenters. The number of rotatable bonds is 0. The molecule has 0 saturated heterocycles. The van der Waals surface area contributed by atoms with Gasteiger partial charge in [0.1, 0.15) is 0 Å². The van der Waals surface area contributed by atoms with Crippen molar-refractivity contribution in [1.29, 1.82) is 0 Å². The van der Waals surface area contributed by atoms with Crippen molar-refractivity contribution in [3.63, 3.8) is 0 Å². The molecular formula is C7H4BrN. The van der Waals surface area contributed by atoms with Crippen LogP contribution in [0.3, 0.4) is 0 Å². The minimum absolute atomic E-state index is 0.365. The van der Waals surface area contributed by atoms with Crippen LogP contribution in [0.15, 0.2) is 16.7 Å². The molecular weight excluding hydrogens is 178 g/mol. The van der Waals surface area contributed by atoms with Gasteiger partial charge in [0.15, 0.2) is 0 Å². The van der Waals surface area contributed by atoms with Crippen molar-refractivity contribution < 1.29 is 0 Å². The van der Waals surface area contributed by atoms with E-state index in [1.807, 2.05) is 0 Å². The topological polar surface area (TPSA) is 12.9 Å². The van der Waals surface area contributed by atoms with Gasteiger partial charge in [-0.15, -0.1) is 0 Å². The Labute approximate surface area is 63.2 Å². The van der Waals surface area contributed by atoms with Crippen molar-refractivity contribution in [3.05, 3.63) is 41.8 Å². The molecule has 1 nitrogen and oxygen atoms in total. The van der Waals surface area contributed by atoms with E-state index in [-0.39, 0.29) is 0 Å². The predicted molar refractivity (Wildman–Crippen MR) is 38.7 cm³/mol. The first kappa shape index (κ1) is 6.75. The Hall–Kier alpha value is -0.370. The third-order valence-electron chi connectivity index (χ3n) is 0.968. The molecule has 0 saturated carbocycles. The SMILES string of the molecule is [CH]c1nccc(Br)c1[CH]. The molecule has 9 heavy (non-hydrogen) atoms. The van der Waals surface area contributed by atoms with Gasteiger partial charge in [0.05, 0.1) is 0 Å². The summed E-state index contributed by atoms with van der Waals surface area (Å²) in [6.45, 7) is 10.8. The second-order valence-corrected chi connectivity index (χ2v) is 2.45. The van der Waals surface area contributed by atoms with Crippen molar-refractivity contribution >= 4 is 15.9 Å². The van der Waals surface area contributed by atoms with Crippen LogP contribution < -0.4 is 0 Å². The molecule has 1 aromatic rings. The summed E-state index contributed by atoms with van der Waals surface area (Å²) in [5.41, 5.74) is 0.863. The van der Waals surface area contributed by atoms with Crippen molar-refractivity contribution in [1.82, 2.24) is 4.98 Å². The normalized spacial score (nSPS) is 9.67. The van der Waals surface area contributed by atoms with Crippen LogP contribution in [-0.2, 0) is 0 Å². The zero-order valence-electron chi connectivity index (χ0n) is 4.63. The van der Waals surface area contributed by atoms with Crippen LogP contribution >= 0.6 is 15.9 Å². The molecule has 0 fully saturated rings. The van der Waals surface area contributed by atoms with E-state index in [4.69, 9.17) is 13.8 Å². The molecule has 0 spiro atoms. The lowest BCUT2D eigenvalue weighted by Gasteiger charge is -1.97. The van der Waals surface area contributed by atoms with E-state index in [9.17, 15) is 0 Å². The predicted octanol–water partition coefficient (Wildman–Crippen LogP) is 1.96. The highest BCUT2D eigenvalue weighted by Gasteiger charge is 1.95. The van der Waals surface area contributed by atoms with E-state index in [0.717, 1.165) is 4.47 Å². The van der Waals surface area contributed by atoms with E-state index in [0.29, 0.717) is 11.3 Å². The van der Waals surface area contributed by atoms with Crippen LogP contribution in [0.4, 0.5) is 0 Å². The first-order valence-electron chi connectivity index (χ1n) is 2.37. The molecule has 0 amide bonds. The van der Waals surface area contributed by atoms with E-state index in [1.165, 1.54) is 0 Å². The van der Waals surface area contributed by atoms with E-state index in [1.54, 1.807) is 12.3 Å². The first-order chi connectivity index (χ1) is 4.22. The summed E-state index contributed by atoms with van der Waals surface area (Å²) in [5, 5.41) is 0. The summed E-state index contributed by atoms with van der Waals surface area (Å²) in [6.07, 6.45) is 1.59. The number of nitrogens with zero attached hydrogens (tertiary/aromatic N) is 1. The summed E-state index contributed by atoms with van der Waals surface area (Å²) in [7, 11) is 0. The molecule has 1 heterocycles. The van der Waals surface area contributed by atoms with Crippen LogP contribution in [0.5, 0.6) is 0 Å². The number of halogens is 1. The molecule has 0 N–H and O–H groups in total. The van der Waals surface area contributed by atoms with Crippen molar-refractivity contribution in [2.45, 2.75) is 0 Å². The highest BCUT2D eigenvalue weighted by Crippen LogP contribution is 2.15. The summed E-state index contributed by atoms with van der Waals surface area (Å²) >= 11 is 3.20. The first-order valence-corrected chi connectivity index (χ1v) is 3.16. The molecule has 44 valence electrons. The molecule has 0 aliphatic carbocycles. The van der Waals surface area contributed by atoms with E-state index < -0.39 is 0 Å². The highest BCUT2D eigenvalue weighted by molar-refractivity contribution is 9.10. The Balaban J connectivity index is 3.25. The van der Waals surface area contributed by atoms with Gasteiger partial charge in [-0.2, -0.15) is 0 Å². The van der Waals surface area contributed by atoms with E-state index in [2.05, 4.69) is 20.9 Å². The lowest BCUT2D eigenvalue weighted by atomic mass is 10.2. The van der Waals surface area contributed by atoms with Crippen molar-refractivity contribution in [3.8, 4) is 0 Å². The molecule has 2 heteroatoms. The second kappa shape index (κ2) is 2.48. The number of pyridine rings is 1. The third kappa shape index (κ3) is 1.30. The number of hydrogen-bond acceptors (Lipinski definition) is 1. The fraction of sp³-hybridized carbons (Fsp3) is 0. The van der Waals surface area contributed by atoms with Gasteiger partial charge in [0.25, 0.3) is 0 Å². The largest absolute Gasteiger partial charge is 0.261 e. The molecule has 0 bridgehead atoms. The summed E-state index contributed by atoms with van der Waals surface area (Å²) in [4.78, 5) is 3.76. The van der Waals surface area contributed by atoms with Crippen molar-refractivity contribution in [2.75, 3.05) is 0 Å². The molecule has 0 aliphatic heterocycles. The summed E-state index contributed by atoms with van der Waals surface area (Å²) in [6, 6.07) is 1.74. The molecule has 0 aliphatic rings. The minimum atomic E-state index is 0.365. The summed E-state index contributed by atoms with van der Waals surface area (Å²) < 4.78 is 0.787. The van der Waals surface area contributed by atoms with Crippen LogP contribution in [0, 0.1) is 13.8 Å². The Bertz CT molecular complexity index is 200. The maximum absolute atomic E-state index is 5.45. The molecule has 4 radical (unpaired) electrons. The molecule has 1 rings (SSSR count). The van der Waals surface area contributed by atoms with Gasteiger partial charge in [-0.05, 0) is 11.6 Å².